The number of ketones is 1. The third-order valence-electron chi connectivity index (χ3n) is 3.95. The van der Waals surface area contributed by atoms with Gasteiger partial charge in [-0.05, 0) is 43.3 Å². The van der Waals surface area contributed by atoms with Gasteiger partial charge in [-0.2, -0.15) is 0 Å². The molecule has 138 valence electrons. The Morgan fingerprint density at radius 3 is 2.35 bits per heavy atom. The number of anilines is 1. The second-order valence-electron chi connectivity index (χ2n) is 5.80. The zero-order valence-electron chi connectivity index (χ0n) is 15.1. The summed E-state index contributed by atoms with van der Waals surface area (Å²) in [5, 5.41) is 0. The van der Waals surface area contributed by atoms with Gasteiger partial charge in [-0.3, -0.25) is 9.59 Å². The van der Waals surface area contributed by atoms with E-state index in [1.807, 2.05) is 35.2 Å². The van der Waals surface area contributed by atoms with Crippen LogP contribution in [0.3, 0.4) is 0 Å². The number of primary amides is 1. The van der Waals surface area contributed by atoms with E-state index >= 15 is 0 Å². The van der Waals surface area contributed by atoms with Crippen molar-refractivity contribution in [3.8, 4) is 11.5 Å². The molecule has 2 aromatic carbocycles. The van der Waals surface area contributed by atoms with Crippen molar-refractivity contribution >= 4 is 17.4 Å². The quantitative estimate of drug-likeness (QED) is 0.662. The highest BCUT2D eigenvalue weighted by Crippen LogP contribution is 2.21. The summed E-state index contributed by atoms with van der Waals surface area (Å²) >= 11 is 0. The SMILES string of the molecule is COc1ccc(N(CCOc2ccccc2C(C)=O)CCC(N)=O)cc1. The van der Waals surface area contributed by atoms with Crippen LogP contribution < -0.4 is 20.1 Å². The van der Waals surface area contributed by atoms with Gasteiger partial charge >= 0.3 is 0 Å². The van der Waals surface area contributed by atoms with Gasteiger partial charge in [0, 0.05) is 18.7 Å². The minimum Gasteiger partial charge on any atom is -0.497 e. The highest BCUT2D eigenvalue weighted by atomic mass is 16.5. The number of amides is 1. The Kier molecular flexibility index (Phi) is 7.02. The molecule has 0 fully saturated rings. The number of methoxy groups -OCH3 is 1. The fourth-order valence-corrected chi connectivity index (χ4v) is 2.56. The first kappa shape index (κ1) is 19.3. The van der Waals surface area contributed by atoms with E-state index in [0.29, 0.717) is 31.0 Å². The molecular formula is C20H24N2O4. The predicted molar refractivity (Wildman–Crippen MR) is 101 cm³/mol. The predicted octanol–water partition coefficient (Wildman–Crippen LogP) is 2.66. The standard InChI is InChI=1S/C20H24N2O4/c1-15(23)18-5-3-4-6-19(18)26-14-13-22(12-11-20(21)24)16-7-9-17(25-2)10-8-16/h3-10H,11-14H2,1-2H3,(H2,21,24). The van der Waals surface area contributed by atoms with Crippen LogP contribution in [0, 0.1) is 0 Å². The molecule has 0 aromatic heterocycles. The number of nitrogens with two attached hydrogens (primary N) is 1. The summed E-state index contributed by atoms with van der Waals surface area (Å²) in [6.07, 6.45) is 0.246. The summed E-state index contributed by atoms with van der Waals surface area (Å²) in [5.74, 6) is 0.924. The topological polar surface area (TPSA) is 81.9 Å². The molecule has 2 rings (SSSR count). The largest absolute Gasteiger partial charge is 0.497 e. The fourth-order valence-electron chi connectivity index (χ4n) is 2.56. The molecule has 26 heavy (non-hydrogen) atoms. The van der Waals surface area contributed by atoms with E-state index in [2.05, 4.69) is 0 Å². The average Bonchev–Trinajstić information content (AvgIpc) is 2.64. The molecule has 2 aromatic rings. The van der Waals surface area contributed by atoms with Gasteiger partial charge in [0.15, 0.2) is 5.78 Å². The maximum atomic E-state index is 11.7. The van der Waals surface area contributed by atoms with Gasteiger partial charge in [0.2, 0.25) is 5.91 Å². The molecule has 6 heteroatoms. The Balaban J connectivity index is 2.04. The van der Waals surface area contributed by atoms with Crippen LogP contribution in [-0.4, -0.2) is 38.5 Å². The average molecular weight is 356 g/mol. The summed E-state index contributed by atoms with van der Waals surface area (Å²) in [4.78, 5) is 24.8. The zero-order chi connectivity index (χ0) is 18.9. The normalized spacial score (nSPS) is 10.2. The van der Waals surface area contributed by atoms with E-state index in [4.69, 9.17) is 15.2 Å². The van der Waals surface area contributed by atoms with E-state index < -0.39 is 0 Å². The Labute approximate surface area is 153 Å². The highest BCUT2D eigenvalue weighted by molar-refractivity contribution is 5.96. The van der Waals surface area contributed by atoms with Gasteiger partial charge < -0.3 is 20.1 Å². The van der Waals surface area contributed by atoms with Crippen LogP contribution in [0.4, 0.5) is 5.69 Å². The van der Waals surface area contributed by atoms with Gasteiger partial charge in [0.05, 0.1) is 19.2 Å². The van der Waals surface area contributed by atoms with Crippen LogP contribution in [0.5, 0.6) is 11.5 Å². The third kappa shape index (κ3) is 5.51. The van der Waals surface area contributed by atoms with Gasteiger partial charge in [0.1, 0.15) is 18.1 Å². The van der Waals surface area contributed by atoms with Crippen molar-refractivity contribution in [3.63, 3.8) is 0 Å². The molecule has 1 amide bonds. The molecule has 0 aliphatic carbocycles. The van der Waals surface area contributed by atoms with Crippen LogP contribution >= 0.6 is 0 Å². The van der Waals surface area contributed by atoms with E-state index in [9.17, 15) is 9.59 Å². The summed E-state index contributed by atoms with van der Waals surface area (Å²) in [6.45, 7) is 2.92. The summed E-state index contributed by atoms with van der Waals surface area (Å²) < 4.78 is 11.0. The Bertz CT molecular complexity index is 744. The molecule has 0 radical (unpaired) electrons. The number of hydrogen-bond acceptors (Lipinski definition) is 5. The van der Waals surface area contributed by atoms with Crippen molar-refractivity contribution in [2.75, 3.05) is 31.7 Å². The maximum absolute atomic E-state index is 11.7. The second-order valence-corrected chi connectivity index (χ2v) is 5.80. The van der Waals surface area contributed by atoms with Gasteiger partial charge in [-0.1, -0.05) is 12.1 Å². The number of Topliss-reactive ketones (excluding diaryl/α,β-unsaturated/α-hetero) is 1. The lowest BCUT2D eigenvalue weighted by Gasteiger charge is -2.25. The molecular weight excluding hydrogens is 332 g/mol. The number of benzene rings is 2. The van der Waals surface area contributed by atoms with Crippen molar-refractivity contribution in [1.82, 2.24) is 0 Å². The molecule has 0 heterocycles. The molecule has 0 aliphatic heterocycles. The molecule has 0 saturated carbocycles. The van der Waals surface area contributed by atoms with Gasteiger partial charge in [-0.25, -0.2) is 0 Å². The van der Waals surface area contributed by atoms with E-state index in [1.165, 1.54) is 6.92 Å². The van der Waals surface area contributed by atoms with Crippen LogP contribution in [-0.2, 0) is 4.79 Å². The number of hydrogen-bond donors (Lipinski definition) is 1. The Hall–Kier alpha value is -3.02. The fraction of sp³-hybridized carbons (Fsp3) is 0.300. The molecule has 2 N–H and O–H groups in total. The number of ether oxygens (including phenoxy) is 2. The minimum absolute atomic E-state index is 0.0404. The number of para-hydroxylation sites is 1. The van der Waals surface area contributed by atoms with Crippen LogP contribution in [0.25, 0.3) is 0 Å². The van der Waals surface area contributed by atoms with Crippen molar-refractivity contribution in [2.45, 2.75) is 13.3 Å². The smallest absolute Gasteiger partial charge is 0.219 e. The van der Waals surface area contributed by atoms with E-state index in [0.717, 1.165) is 11.4 Å². The lowest BCUT2D eigenvalue weighted by molar-refractivity contribution is -0.117. The molecule has 0 saturated heterocycles. The molecule has 0 unspecified atom stereocenters. The van der Waals surface area contributed by atoms with E-state index in [-0.39, 0.29) is 18.1 Å². The first-order valence-corrected chi connectivity index (χ1v) is 8.41. The first-order valence-electron chi connectivity index (χ1n) is 8.41. The Morgan fingerprint density at radius 1 is 1.04 bits per heavy atom. The third-order valence-corrected chi connectivity index (χ3v) is 3.95. The number of nitrogens with zero attached hydrogens (tertiary/aromatic N) is 1. The number of carbonyl (C=O) groups is 2. The lowest BCUT2D eigenvalue weighted by Crippen LogP contribution is -2.32. The monoisotopic (exact) mass is 356 g/mol. The minimum atomic E-state index is -0.355. The van der Waals surface area contributed by atoms with Crippen molar-refractivity contribution in [1.29, 1.82) is 0 Å². The van der Waals surface area contributed by atoms with Gasteiger partial charge in [-0.15, -0.1) is 0 Å². The molecule has 0 atom stereocenters. The van der Waals surface area contributed by atoms with Crippen molar-refractivity contribution < 1.29 is 19.1 Å². The van der Waals surface area contributed by atoms with E-state index in [1.54, 1.807) is 25.3 Å². The molecule has 0 spiro atoms. The Morgan fingerprint density at radius 2 is 1.73 bits per heavy atom. The summed E-state index contributed by atoms with van der Waals surface area (Å²) in [7, 11) is 1.61. The van der Waals surface area contributed by atoms with Crippen molar-refractivity contribution in [3.05, 3.63) is 54.1 Å². The number of carbonyl (C=O) groups excluding carboxylic acids is 2. The zero-order valence-corrected chi connectivity index (χ0v) is 15.1. The molecule has 0 aliphatic rings. The van der Waals surface area contributed by atoms with Crippen LogP contribution in [0.15, 0.2) is 48.5 Å². The molecule has 0 bridgehead atoms. The summed E-state index contributed by atoms with van der Waals surface area (Å²) in [5.41, 5.74) is 6.78. The van der Waals surface area contributed by atoms with Crippen LogP contribution in [0.1, 0.15) is 23.7 Å². The number of rotatable bonds is 10. The lowest BCUT2D eigenvalue weighted by atomic mass is 10.1. The summed E-state index contributed by atoms with van der Waals surface area (Å²) in [6, 6.07) is 14.7. The van der Waals surface area contributed by atoms with Crippen molar-refractivity contribution in [2.24, 2.45) is 5.73 Å². The first-order chi connectivity index (χ1) is 12.5. The highest BCUT2D eigenvalue weighted by Gasteiger charge is 2.11. The van der Waals surface area contributed by atoms with Crippen LogP contribution in [0.2, 0.25) is 0 Å². The molecule has 6 nitrogen and oxygen atoms in total. The maximum Gasteiger partial charge on any atom is 0.219 e. The van der Waals surface area contributed by atoms with Gasteiger partial charge in [0.25, 0.3) is 0 Å². The second kappa shape index (κ2) is 9.46.